The van der Waals surface area contributed by atoms with Gasteiger partial charge in [-0.1, -0.05) is 36.5 Å². The van der Waals surface area contributed by atoms with Gasteiger partial charge in [0, 0.05) is 12.6 Å². The van der Waals surface area contributed by atoms with Crippen LogP contribution in [0, 0.1) is 4.64 Å². The van der Waals surface area contributed by atoms with E-state index < -0.39 is 0 Å². The van der Waals surface area contributed by atoms with Crippen LogP contribution in [0.2, 0.25) is 0 Å². The van der Waals surface area contributed by atoms with Gasteiger partial charge in [-0.05, 0) is 34.5 Å². The summed E-state index contributed by atoms with van der Waals surface area (Å²) in [6.45, 7) is 0. The van der Waals surface area contributed by atoms with Crippen LogP contribution in [-0.4, -0.2) is 17.1 Å². The SMILES string of the molecule is COc1ccc2cccc(Cc3nccc(=S)[nH]3)c2c1. The molecule has 3 nitrogen and oxygen atoms in total. The molecule has 4 heteroatoms. The lowest BCUT2D eigenvalue weighted by molar-refractivity contribution is 0.415. The molecule has 0 saturated carbocycles. The van der Waals surface area contributed by atoms with Crippen molar-refractivity contribution in [1.82, 2.24) is 9.97 Å². The third-order valence-electron chi connectivity index (χ3n) is 3.26. The maximum Gasteiger partial charge on any atom is 0.119 e. The summed E-state index contributed by atoms with van der Waals surface area (Å²) in [5.41, 5.74) is 1.20. The summed E-state index contributed by atoms with van der Waals surface area (Å²) in [4.78, 5) is 7.45. The minimum atomic E-state index is 0.702. The molecule has 0 aliphatic heterocycles. The number of rotatable bonds is 3. The van der Waals surface area contributed by atoms with E-state index in [0.29, 0.717) is 4.64 Å². The van der Waals surface area contributed by atoms with Gasteiger partial charge in [0.1, 0.15) is 16.2 Å². The lowest BCUT2D eigenvalue weighted by atomic mass is 10.0. The van der Waals surface area contributed by atoms with Gasteiger partial charge < -0.3 is 9.72 Å². The molecule has 0 aliphatic rings. The molecule has 0 fully saturated rings. The number of fused-ring (bicyclic) bond motifs is 1. The van der Waals surface area contributed by atoms with Gasteiger partial charge in [-0.2, -0.15) is 0 Å². The van der Waals surface area contributed by atoms with E-state index in [1.165, 1.54) is 16.3 Å². The van der Waals surface area contributed by atoms with E-state index in [2.05, 4.69) is 40.3 Å². The predicted octanol–water partition coefficient (Wildman–Crippen LogP) is 3.89. The van der Waals surface area contributed by atoms with Gasteiger partial charge in [0.05, 0.1) is 7.11 Å². The van der Waals surface area contributed by atoms with Crippen LogP contribution < -0.4 is 4.74 Å². The highest BCUT2D eigenvalue weighted by Crippen LogP contribution is 2.25. The van der Waals surface area contributed by atoms with Gasteiger partial charge in [-0.15, -0.1) is 0 Å². The summed E-state index contributed by atoms with van der Waals surface area (Å²) in [7, 11) is 1.68. The van der Waals surface area contributed by atoms with E-state index >= 15 is 0 Å². The fraction of sp³-hybridized carbons (Fsp3) is 0.125. The summed E-state index contributed by atoms with van der Waals surface area (Å²) >= 11 is 5.14. The van der Waals surface area contributed by atoms with Gasteiger partial charge in [-0.25, -0.2) is 4.98 Å². The molecular formula is C16H14N2OS. The van der Waals surface area contributed by atoms with Crippen LogP contribution in [0.3, 0.4) is 0 Å². The van der Waals surface area contributed by atoms with Crippen LogP contribution >= 0.6 is 12.2 Å². The van der Waals surface area contributed by atoms with Crippen LogP contribution in [-0.2, 0) is 6.42 Å². The zero-order valence-corrected chi connectivity index (χ0v) is 11.9. The van der Waals surface area contributed by atoms with Crippen molar-refractivity contribution in [2.75, 3.05) is 7.11 Å². The molecule has 100 valence electrons. The maximum absolute atomic E-state index is 5.31. The average Bonchev–Trinajstić information content (AvgIpc) is 2.47. The van der Waals surface area contributed by atoms with Crippen molar-refractivity contribution >= 4 is 23.0 Å². The Balaban J connectivity index is 2.08. The first kappa shape index (κ1) is 12.8. The number of aromatic amines is 1. The van der Waals surface area contributed by atoms with Crippen molar-refractivity contribution in [1.29, 1.82) is 0 Å². The molecule has 0 amide bonds. The topological polar surface area (TPSA) is 37.9 Å². The van der Waals surface area contributed by atoms with Gasteiger partial charge in [0.25, 0.3) is 0 Å². The highest BCUT2D eigenvalue weighted by molar-refractivity contribution is 7.71. The normalized spacial score (nSPS) is 10.7. The number of hydrogen-bond donors (Lipinski definition) is 1. The molecule has 3 rings (SSSR count). The minimum Gasteiger partial charge on any atom is -0.497 e. The molecule has 0 unspecified atom stereocenters. The Morgan fingerprint density at radius 3 is 2.90 bits per heavy atom. The van der Waals surface area contributed by atoms with Gasteiger partial charge in [0.15, 0.2) is 0 Å². The number of aromatic nitrogens is 2. The maximum atomic E-state index is 5.31. The van der Waals surface area contributed by atoms with Crippen molar-refractivity contribution in [2.45, 2.75) is 6.42 Å². The second kappa shape index (κ2) is 5.43. The Bertz CT molecular complexity index is 811. The summed E-state index contributed by atoms with van der Waals surface area (Å²) < 4.78 is 6.01. The average molecular weight is 282 g/mol. The van der Waals surface area contributed by atoms with Gasteiger partial charge in [0.2, 0.25) is 0 Å². The first-order valence-electron chi connectivity index (χ1n) is 6.36. The van der Waals surface area contributed by atoms with E-state index in [-0.39, 0.29) is 0 Å². The van der Waals surface area contributed by atoms with Crippen molar-refractivity contribution in [2.24, 2.45) is 0 Å². The molecule has 0 aliphatic carbocycles. The molecule has 20 heavy (non-hydrogen) atoms. The highest BCUT2D eigenvalue weighted by atomic mass is 32.1. The van der Waals surface area contributed by atoms with Crippen LogP contribution in [0.1, 0.15) is 11.4 Å². The number of H-pyrrole nitrogens is 1. The molecule has 1 heterocycles. The standard InChI is InChI=1S/C16H14N2OS/c1-19-13-6-5-11-3-2-4-12(14(11)10-13)9-15-17-8-7-16(20)18-15/h2-8,10H,9H2,1H3,(H,17,18,20). The second-order valence-electron chi connectivity index (χ2n) is 4.56. The molecule has 0 atom stereocenters. The Morgan fingerprint density at radius 1 is 1.20 bits per heavy atom. The molecule has 0 spiro atoms. The van der Waals surface area contributed by atoms with E-state index in [4.69, 9.17) is 17.0 Å². The molecule has 1 N–H and O–H groups in total. The molecule has 2 aromatic carbocycles. The number of nitrogens with zero attached hydrogens (tertiary/aromatic N) is 1. The lowest BCUT2D eigenvalue weighted by Gasteiger charge is -2.08. The number of methoxy groups -OCH3 is 1. The number of ether oxygens (including phenoxy) is 1. The zero-order chi connectivity index (χ0) is 13.9. The Kier molecular flexibility index (Phi) is 3.48. The fourth-order valence-corrected chi connectivity index (χ4v) is 2.46. The van der Waals surface area contributed by atoms with Crippen LogP contribution in [0.25, 0.3) is 10.8 Å². The first-order chi connectivity index (χ1) is 9.76. The van der Waals surface area contributed by atoms with Crippen LogP contribution in [0.4, 0.5) is 0 Å². The third-order valence-corrected chi connectivity index (χ3v) is 3.50. The number of hydrogen-bond acceptors (Lipinski definition) is 3. The van der Waals surface area contributed by atoms with Crippen molar-refractivity contribution in [3.63, 3.8) is 0 Å². The van der Waals surface area contributed by atoms with E-state index in [9.17, 15) is 0 Å². The minimum absolute atomic E-state index is 0.702. The monoisotopic (exact) mass is 282 g/mol. The van der Waals surface area contributed by atoms with Crippen molar-refractivity contribution < 1.29 is 4.74 Å². The quantitative estimate of drug-likeness (QED) is 0.741. The van der Waals surface area contributed by atoms with Gasteiger partial charge in [-0.3, -0.25) is 0 Å². The molecular weight excluding hydrogens is 268 g/mol. The highest BCUT2D eigenvalue weighted by Gasteiger charge is 2.05. The Morgan fingerprint density at radius 2 is 2.10 bits per heavy atom. The molecule has 0 bridgehead atoms. The fourth-order valence-electron chi connectivity index (χ4n) is 2.28. The summed E-state index contributed by atoms with van der Waals surface area (Å²) in [6, 6.07) is 14.1. The van der Waals surface area contributed by atoms with Crippen molar-refractivity contribution in [3.05, 3.63) is 64.7 Å². The third kappa shape index (κ3) is 2.56. The van der Waals surface area contributed by atoms with Crippen LogP contribution in [0.15, 0.2) is 48.7 Å². The summed E-state index contributed by atoms with van der Waals surface area (Å²) in [6.07, 6.45) is 2.45. The molecule has 3 aromatic rings. The largest absolute Gasteiger partial charge is 0.497 e. The molecule has 0 saturated heterocycles. The Labute approximate surface area is 122 Å². The first-order valence-corrected chi connectivity index (χ1v) is 6.77. The van der Waals surface area contributed by atoms with E-state index in [1.807, 2.05) is 6.07 Å². The van der Waals surface area contributed by atoms with Gasteiger partial charge >= 0.3 is 0 Å². The molecule has 1 aromatic heterocycles. The smallest absolute Gasteiger partial charge is 0.119 e. The summed E-state index contributed by atoms with van der Waals surface area (Å²) in [5, 5.41) is 2.37. The zero-order valence-electron chi connectivity index (χ0n) is 11.1. The predicted molar refractivity (Wildman–Crippen MR) is 82.7 cm³/mol. The lowest BCUT2D eigenvalue weighted by Crippen LogP contribution is -1.97. The number of benzene rings is 2. The number of nitrogens with one attached hydrogen (secondary N) is 1. The van der Waals surface area contributed by atoms with E-state index in [0.717, 1.165) is 18.0 Å². The molecule has 0 radical (unpaired) electrons. The summed E-state index contributed by atoms with van der Waals surface area (Å²) in [5.74, 6) is 1.73. The Hall–Kier alpha value is -2.20. The van der Waals surface area contributed by atoms with E-state index in [1.54, 1.807) is 19.4 Å². The van der Waals surface area contributed by atoms with Crippen LogP contribution in [0.5, 0.6) is 5.75 Å². The van der Waals surface area contributed by atoms with Crippen molar-refractivity contribution in [3.8, 4) is 5.75 Å². The second-order valence-corrected chi connectivity index (χ2v) is 5.00.